The number of amides is 2. The molecular weight excluding hydrogens is 308 g/mol. The smallest absolute Gasteiger partial charge is 0.306 e. The van der Waals surface area contributed by atoms with Crippen LogP contribution in [0.5, 0.6) is 0 Å². The van der Waals surface area contributed by atoms with Crippen molar-refractivity contribution in [1.29, 1.82) is 0 Å². The van der Waals surface area contributed by atoms with Gasteiger partial charge in [-0.25, -0.2) is 0 Å². The molecule has 1 fully saturated rings. The Labute approximate surface area is 141 Å². The molecule has 0 aliphatic heterocycles. The van der Waals surface area contributed by atoms with E-state index in [2.05, 4.69) is 10.6 Å². The van der Waals surface area contributed by atoms with Crippen LogP contribution in [0.3, 0.4) is 0 Å². The van der Waals surface area contributed by atoms with Crippen LogP contribution in [0.2, 0.25) is 0 Å². The lowest BCUT2D eigenvalue weighted by Crippen LogP contribution is -2.47. The standard InChI is InChI=1S/C18H24N2O4/c1-12(16(21)19-11-13-5-3-2-4-6-13)20-17(22)14-7-9-15(10-8-14)18(23)24/h2-6,12,14-15H,7-11H2,1H3,(H,19,21)(H,20,22)(H,23,24). The van der Waals surface area contributed by atoms with Crippen LogP contribution in [0, 0.1) is 11.8 Å². The molecule has 0 bridgehead atoms. The van der Waals surface area contributed by atoms with E-state index in [9.17, 15) is 14.4 Å². The first-order valence-corrected chi connectivity index (χ1v) is 8.32. The Morgan fingerprint density at radius 1 is 1.08 bits per heavy atom. The Balaban J connectivity index is 1.75. The Morgan fingerprint density at radius 2 is 1.67 bits per heavy atom. The summed E-state index contributed by atoms with van der Waals surface area (Å²) < 4.78 is 0. The van der Waals surface area contributed by atoms with Gasteiger partial charge >= 0.3 is 5.97 Å². The van der Waals surface area contributed by atoms with Gasteiger partial charge in [-0.1, -0.05) is 30.3 Å². The zero-order valence-corrected chi connectivity index (χ0v) is 13.8. The fraction of sp³-hybridized carbons (Fsp3) is 0.500. The van der Waals surface area contributed by atoms with Crippen LogP contribution in [0.25, 0.3) is 0 Å². The van der Waals surface area contributed by atoms with E-state index in [0.717, 1.165) is 5.56 Å². The highest BCUT2D eigenvalue weighted by atomic mass is 16.4. The topological polar surface area (TPSA) is 95.5 Å². The lowest BCUT2D eigenvalue weighted by atomic mass is 9.81. The average molecular weight is 332 g/mol. The van der Waals surface area contributed by atoms with Gasteiger partial charge in [0.05, 0.1) is 5.92 Å². The van der Waals surface area contributed by atoms with Crippen molar-refractivity contribution in [3.8, 4) is 0 Å². The number of carboxylic acid groups (broad SMARTS) is 1. The molecule has 1 aliphatic carbocycles. The number of rotatable bonds is 6. The number of carboxylic acids is 1. The molecule has 6 heteroatoms. The first kappa shape index (κ1) is 18.0. The fourth-order valence-electron chi connectivity index (χ4n) is 2.94. The molecule has 0 radical (unpaired) electrons. The minimum Gasteiger partial charge on any atom is -0.481 e. The van der Waals surface area contributed by atoms with E-state index in [4.69, 9.17) is 5.11 Å². The van der Waals surface area contributed by atoms with Gasteiger partial charge in [0, 0.05) is 12.5 Å². The van der Waals surface area contributed by atoms with E-state index in [1.807, 2.05) is 30.3 Å². The molecule has 0 heterocycles. The number of benzene rings is 1. The van der Waals surface area contributed by atoms with E-state index in [1.165, 1.54) is 0 Å². The number of hydrogen-bond donors (Lipinski definition) is 3. The summed E-state index contributed by atoms with van der Waals surface area (Å²) in [4.78, 5) is 35.2. The van der Waals surface area contributed by atoms with Crippen LogP contribution in [-0.4, -0.2) is 28.9 Å². The third-order valence-electron chi connectivity index (χ3n) is 4.51. The van der Waals surface area contributed by atoms with Gasteiger partial charge in [0.2, 0.25) is 11.8 Å². The van der Waals surface area contributed by atoms with Gasteiger partial charge in [-0.3, -0.25) is 14.4 Å². The van der Waals surface area contributed by atoms with E-state index < -0.39 is 12.0 Å². The molecule has 1 aromatic carbocycles. The van der Waals surface area contributed by atoms with Crippen molar-refractivity contribution < 1.29 is 19.5 Å². The van der Waals surface area contributed by atoms with Gasteiger partial charge in [0.1, 0.15) is 6.04 Å². The van der Waals surface area contributed by atoms with Crippen molar-refractivity contribution in [3.63, 3.8) is 0 Å². The molecule has 2 rings (SSSR count). The monoisotopic (exact) mass is 332 g/mol. The van der Waals surface area contributed by atoms with Gasteiger partial charge in [-0.05, 0) is 38.2 Å². The number of aliphatic carboxylic acids is 1. The summed E-state index contributed by atoms with van der Waals surface area (Å²) in [7, 11) is 0. The van der Waals surface area contributed by atoms with Crippen molar-refractivity contribution in [1.82, 2.24) is 10.6 Å². The molecule has 1 unspecified atom stereocenters. The van der Waals surface area contributed by atoms with Gasteiger partial charge in [-0.15, -0.1) is 0 Å². The molecule has 6 nitrogen and oxygen atoms in total. The van der Waals surface area contributed by atoms with Crippen LogP contribution < -0.4 is 10.6 Å². The maximum atomic E-state index is 12.2. The quantitative estimate of drug-likeness (QED) is 0.739. The Hall–Kier alpha value is -2.37. The Morgan fingerprint density at radius 3 is 2.25 bits per heavy atom. The van der Waals surface area contributed by atoms with Crippen LogP contribution in [0.15, 0.2) is 30.3 Å². The van der Waals surface area contributed by atoms with E-state index in [0.29, 0.717) is 32.2 Å². The largest absolute Gasteiger partial charge is 0.481 e. The lowest BCUT2D eigenvalue weighted by Gasteiger charge is -2.26. The van der Waals surface area contributed by atoms with Gasteiger partial charge in [0.15, 0.2) is 0 Å². The molecule has 1 atom stereocenters. The first-order chi connectivity index (χ1) is 11.5. The second kappa shape index (κ2) is 8.47. The Kier molecular flexibility index (Phi) is 6.35. The third-order valence-corrected chi connectivity index (χ3v) is 4.51. The molecule has 1 saturated carbocycles. The molecule has 130 valence electrons. The van der Waals surface area contributed by atoms with Crippen LogP contribution in [0.1, 0.15) is 38.2 Å². The predicted octanol–water partition coefficient (Wildman–Crippen LogP) is 1.70. The van der Waals surface area contributed by atoms with E-state index >= 15 is 0 Å². The molecule has 1 aromatic rings. The lowest BCUT2D eigenvalue weighted by molar-refractivity contribution is -0.144. The summed E-state index contributed by atoms with van der Waals surface area (Å²) in [5.74, 6) is -1.74. The van der Waals surface area contributed by atoms with Crippen LogP contribution in [-0.2, 0) is 20.9 Å². The van der Waals surface area contributed by atoms with E-state index in [1.54, 1.807) is 6.92 Å². The highest BCUT2D eigenvalue weighted by Crippen LogP contribution is 2.29. The van der Waals surface area contributed by atoms with Gasteiger partial charge in [-0.2, -0.15) is 0 Å². The minimum atomic E-state index is -0.789. The SMILES string of the molecule is CC(NC(=O)C1CCC(C(=O)O)CC1)C(=O)NCc1ccccc1. The highest BCUT2D eigenvalue weighted by molar-refractivity contribution is 5.88. The highest BCUT2D eigenvalue weighted by Gasteiger charge is 2.30. The summed E-state index contributed by atoms with van der Waals surface area (Å²) in [6.45, 7) is 2.07. The zero-order valence-electron chi connectivity index (χ0n) is 13.8. The summed E-state index contributed by atoms with van der Waals surface area (Å²) in [5.41, 5.74) is 0.997. The maximum absolute atomic E-state index is 12.2. The molecule has 0 spiro atoms. The molecular formula is C18H24N2O4. The van der Waals surface area contributed by atoms with Crippen molar-refractivity contribution in [2.24, 2.45) is 11.8 Å². The molecule has 1 aliphatic rings. The van der Waals surface area contributed by atoms with Crippen molar-refractivity contribution in [2.45, 2.75) is 45.2 Å². The normalized spacial score (nSPS) is 21.5. The summed E-state index contributed by atoms with van der Waals surface area (Å²) >= 11 is 0. The molecule has 2 amide bonds. The minimum absolute atomic E-state index is 0.166. The number of nitrogens with one attached hydrogen (secondary N) is 2. The van der Waals surface area contributed by atoms with Crippen molar-refractivity contribution >= 4 is 17.8 Å². The second-order valence-corrected chi connectivity index (χ2v) is 6.32. The molecule has 3 N–H and O–H groups in total. The maximum Gasteiger partial charge on any atom is 0.306 e. The third kappa shape index (κ3) is 5.08. The molecule has 0 saturated heterocycles. The first-order valence-electron chi connectivity index (χ1n) is 8.32. The Bertz CT molecular complexity index is 580. The predicted molar refractivity (Wildman–Crippen MR) is 89.0 cm³/mol. The van der Waals surface area contributed by atoms with Gasteiger partial charge < -0.3 is 15.7 Å². The van der Waals surface area contributed by atoms with Gasteiger partial charge in [0.25, 0.3) is 0 Å². The summed E-state index contributed by atoms with van der Waals surface area (Å²) in [6.07, 6.45) is 2.15. The number of carbonyl (C=O) groups excluding carboxylic acids is 2. The molecule has 0 aromatic heterocycles. The fourth-order valence-corrected chi connectivity index (χ4v) is 2.94. The summed E-state index contributed by atoms with van der Waals surface area (Å²) in [6, 6.07) is 8.95. The number of hydrogen-bond acceptors (Lipinski definition) is 3. The van der Waals surface area contributed by atoms with Crippen molar-refractivity contribution in [2.75, 3.05) is 0 Å². The average Bonchev–Trinajstić information content (AvgIpc) is 2.60. The number of carbonyl (C=O) groups is 3. The van der Waals surface area contributed by atoms with E-state index in [-0.39, 0.29) is 23.7 Å². The van der Waals surface area contributed by atoms with Crippen LogP contribution in [0.4, 0.5) is 0 Å². The summed E-state index contributed by atoms with van der Waals surface area (Å²) in [5, 5.41) is 14.5. The van der Waals surface area contributed by atoms with Crippen molar-refractivity contribution in [3.05, 3.63) is 35.9 Å². The molecule has 24 heavy (non-hydrogen) atoms. The van der Waals surface area contributed by atoms with Crippen LogP contribution >= 0.6 is 0 Å². The second-order valence-electron chi connectivity index (χ2n) is 6.32. The zero-order chi connectivity index (χ0) is 17.5.